The Balaban J connectivity index is 2.18. The molecule has 126 valence electrons. The highest BCUT2D eigenvalue weighted by molar-refractivity contribution is 8.15. The van der Waals surface area contributed by atoms with Gasteiger partial charge in [-0.15, -0.1) is 0 Å². The molecular weight excluding hydrogens is 332 g/mol. The molecule has 0 aliphatic carbocycles. The first-order valence-corrected chi connectivity index (χ1v) is 8.16. The summed E-state index contributed by atoms with van der Waals surface area (Å²) in [6.07, 6.45) is 0. The topological polar surface area (TPSA) is 88.4 Å². The van der Waals surface area contributed by atoms with Gasteiger partial charge in [-0.25, -0.2) is 9.79 Å². The van der Waals surface area contributed by atoms with E-state index >= 15 is 0 Å². The van der Waals surface area contributed by atoms with Crippen molar-refractivity contribution in [2.24, 2.45) is 4.99 Å². The molecule has 0 aromatic heterocycles. The van der Waals surface area contributed by atoms with Gasteiger partial charge in [0.1, 0.15) is 0 Å². The molecule has 0 bridgehead atoms. The number of ether oxygens (including phenoxy) is 2. The molecule has 24 heavy (non-hydrogen) atoms. The van der Waals surface area contributed by atoms with Crippen LogP contribution >= 0.6 is 11.8 Å². The van der Waals surface area contributed by atoms with E-state index in [1.165, 1.54) is 36.9 Å². The molecule has 2 heterocycles. The molecule has 1 saturated heterocycles. The van der Waals surface area contributed by atoms with Crippen molar-refractivity contribution in [1.29, 1.82) is 0 Å². The second-order valence-corrected chi connectivity index (χ2v) is 6.21. The van der Waals surface area contributed by atoms with Crippen LogP contribution in [-0.2, 0) is 14.3 Å². The largest absolute Gasteiger partial charge is 0.504 e. The molecule has 0 unspecified atom stereocenters. The summed E-state index contributed by atoms with van der Waals surface area (Å²) in [5, 5.41) is 10.4. The van der Waals surface area contributed by atoms with Gasteiger partial charge in [-0.3, -0.25) is 9.69 Å². The second kappa shape index (κ2) is 6.20. The molecule has 1 aromatic rings. The van der Waals surface area contributed by atoms with E-state index in [9.17, 15) is 14.7 Å². The first-order valence-electron chi connectivity index (χ1n) is 7.17. The lowest BCUT2D eigenvalue weighted by Gasteiger charge is -2.32. The van der Waals surface area contributed by atoms with Gasteiger partial charge in [0, 0.05) is 0 Å². The molecule has 0 radical (unpaired) electrons. The normalized spacial score (nSPS) is 20.0. The van der Waals surface area contributed by atoms with Gasteiger partial charge < -0.3 is 14.6 Å². The molecule has 2 aliphatic rings. The highest BCUT2D eigenvalue weighted by Crippen LogP contribution is 2.42. The maximum absolute atomic E-state index is 12.3. The number of carbonyl (C=O) groups is 2. The van der Waals surface area contributed by atoms with E-state index in [2.05, 4.69) is 4.99 Å². The number of fused-ring (bicyclic) bond motifs is 1. The number of hydrogen-bond donors (Lipinski definition) is 1. The van der Waals surface area contributed by atoms with E-state index < -0.39 is 12.0 Å². The summed E-state index contributed by atoms with van der Waals surface area (Å²) in [7, 11) is 2.72. The Morgan fingerprint density at radius 3 is 2.83 bits per heavy atom. The van der Waals surface area contributed by atoms with Crippen molar-refractivity contribution in [2.45, 2.75) is 13.0 Å². The van der Waals surface area contributed by atoms with Crippen LogP contribution in [0, 0.1) is 0 Å². The van der Waals surface area contributed by atoms with Crippen LogP contribution in [0.5, 0.6) is 11.5 Å². The van der Waals surface area contributed by atoms with Crippen LogP contribution in [0.2, 0.25) is 0 Å². The van der Waals surface area contributed by atoms with E-state index in [4.69, 9.17) is 9.47 Å². The minimum Gasteiger partial charge on any atom is -0.504 e. The van der Waals surface area contributed by atoms with Crippen molar-refractivity contribution in [3.8, 4) is 11.5 Å². The smallest absolute Gasteiger partial charge is 0.338 e. The number of hydrogen-bond acceptors (Lipinski definition) is 7. The molecule has 0 saturated carbocycles. The average molecular weight is 348 g/mol. The van der Waals surface area contributed by atoms with Crippen LogP contribution in [0.3, 0.4) is 0 Å². The molecule has 1 amide bonds. The first-order chi connectivity index (χ1) is 11.5. The number of methoxy groups -OCH3 is 2. The van der Waals surface area contributed by atoms with Crippen LogP contribution in [0.25, 0.3) is 0 Å². The molecule has 1 atom stereocenters. The van der Waals surface area contributed by atoms with Gasteiger partial charge in [0.15, 0.2) is 16.7 Å². The first kappa shape index (κ1) is 16.4. The quantitative estimate of drug-likeness (QED) is 0.839. The molecule has 1 N–H and O–H groups in total. The lowest BCUT2D eigenvalue weighted by Crippen LogP contribution is -2.39. The molecule has 3 rings (SSSR count). The summed E-state index contributed by atoms with van der Waals surface area (Å²) in [5.41, 5.74) is 1.44. The highest BCUT2D eigenvalue weighted by atomic mass is 32.2. The molecule has 8 heteroatoms. The van der Waals surface area contributed by atoms with Crippen molar-refractivity contribution >= 4 is 28.8 Å². The lowest BCUT2D eigenvalue weighted by atomic mass is 9.94. The van der Waals surface area contributed by atoms with Crippen LogP contribution in [0.1, 0.15) is 18.5 Å². The zero-order chi connectivity index (χ0) is 17.4. The number of aromatic hydroxyl groups is 1. The van der Waals surface area contributed by atoms with Gasteiger partial charge in [-0.1, -0.05) is 17.8 Å². The molecule has 0 spiro atoms. The maximum Gasteiger partial charge on any atom is 0.338 e. The summed E-state index contributed by atoms with van der Waals surface area (Å²) in [5.74, 6) is -0.167. The fourth-order valence-corrected chi connectivity index (χ4v) is 3.73. The van der Waals surface area contributed by atoms with E-state index in [1.54, 1.807) is 19.1 Å². The van der Waals surface area contributed by atoms with E-state index in [1.807, 2.05) is 0 Å². The number of benzene rings is 1. The zero-order valence-corrected chi connectivity index (χ0v) is 14.2. The number of amides is 1. The van der Waals surface area contributed by atoms with Crippen molar-refractivity contribution in [3.05, 3.63) is 35.0 Å². The van der Waals surface area contributed by atoms with Crippen LogP contribution < -0.4 is 4.74 Å². The van der Waals surface area contributed by atoms with Crippen LogP contribution in [0.15, 0.2) is 34.5 Å². The highest BCUT2D eigenvalue weighted by Gasteiger charge is 2.43. The number of thioether (sulfide) groups is 1. The Labute approximate surface area is 143 Å². The monoisotopic (exact) mass is 348 g/mol. The third-order valence-electron chi connectivity index (χ3n) is 3.91. The minimum atomic E-state index is -0.665. The molecule has 7 nitrogen and oxygen atoms in total. The summed E-state index contributed by atoms with van der Waals surface area (Å²) in [4.78, 5) is 30.5. The maximum atomic E-state index is 12.3. The van der Waals surface area contributed by atoms with E-state index in [-0.39, 0.29) is 23.2 Å². The molecule has 2 aliphatic heterocycles. The number of esters is 1. The van der Waals surface area contributed by atoms with Gasteiger partial charge >= 0.3 is 5.97 Å². The number of amidine groups is 1. The summed E-state index contributed by atoms with van der Waals surface area (Å²) in [6, 6.07) is 4.06. The number of phenols is 1. The fraction of sp³-hybridized carbons (Fsp3) is 0.312. The SMILES string of the molecule is COC(=O)C1=C(C)N=C2SCC(=O)N2[C@H]1c1ccc(O)c(OC)c1. The van der Waals surface area contributed by atoms with Crippen LogP contribution in [0.4, 0.5) is 0 Å². The second-order valence-electron chi connectivity index (χ2n) is 5.27. The predicted octanol–water partition coefficient (Wildman–Crippen LogP) is 1.83. The molecule has 1 aromatic carbocycles. The van der Waals surface area contributed by atoms with Crippen molar-refractivity contribution < 1.29 is 24.2 Å². The van der Waals surface area contributed by atoms with Crippen molar-refractivity contribution in [2.75, 3.05) is 20.0 Å². The minimum absolute atomic E-state index is 0.0200. The molecule has 1 fully saturated rings. The Morgan fingerprint density at radius 2 is 2.17 bits per heavy atom. The van der Waals surface area contributed by atoms with Gasteiger partial charge in [-0.2, -0.15) is 0 Å². The third kappa shape index (κ3) is 2.52. The Bertz CT molecular complexity index is 787. The van der Waals surface area contributed by atoms with Gasteiger partial charge in [0.25, 0.3) is 0 Å². The average Bonchev–Trinajstić information content (AvgIpc) is 2.94. The number of rotatable bonds is 3. The number of allylic oxidation sites excluding steroid dienone is 1. The van der Waals surface area contributed by atoms with Crippen molar-refractivity contribution in [3.63, 3.8) is 0 Å². The van der Waals surface area contributed by atoms with Crippen LogP contribution in [-0.4, -0.2) is 47.0 Å². The third-order valence-corrected chi connectivity index (χ3v) is 4.85. The van der Waals surface area contributed by atoms with Crippen molar-refractivity contribution in [1.82, 2.24) is 4.90 Å². The fourth-order valence-electron chi connectivity index (χ4n) is 2.79. The number of carbonyl (C=O) groups excluding carboxylic acids is 2. The zero-order valence-electron chi connectivity index (χ0n) is 13.4. The predicted molar refractivity (Wildman–Crippen MR) is 88.9 cm³/mol. The standard InChI is InChI=1S/C16H16N2O5S/c1-8-13(15(21)23-3)14(18-12(20)7-24-16(18)17-8)9-4-5-10(19)11(6-9)22-2/h4-6,14,19H,7H2,1-3H3/t14-/m0/s1. The number of nitrogens with zero attached hydrogens (tertiary/aromatic N) is 2. The summed E-state index contributed by atoms with van der Waals surface area (Å²) >= 11 is 1.33. The number of aliphatic imine (C=N–C) groups is 1. The Kier molecular flexibility index (Phi) is 4.23. The van der Waals surface area contributed by atoms with Gasteiger partial charge in [-0.05, 0) is 24.6 Å². The van der Waals surface area contributed by atoms with E-state index in [0.29, 0.717) is 22.0 Å². The summed E-state index contributed by atoms with van der Waals surface area (Å²) < 4.78 is 10.0. The molecular formula is C16H16N2O5S. The Hall–Kier alpha value is -2.48. The summed E-state index contributed by atoms with van der Waals surface area (Å²) in [6.45, 7) is 1.71. The van der Waals surface area contributed by atoms with Gasteiger partial charge in [0.05, 0.1) is 37.3 Å². The van der Waals surface area contributed by atoms with E-state index in [0.717, 1.165) is 0 Å². The lowest BCUT2D eigenvalue weighted by molar-refractivity contribution is -0.137. The Morgan fingerprint density at radius 1 is 1.42 bits per heavy atom. The van der Waals surface area contributed by atoms with Gasteiger partial charge in [0.2, 0.25) is 5.91 Å². The number of phenolic OH excluding ortho intramolecular Hbond substituents is 1.